The summed E-state index contributed by atoms with van der Waals surface area (Å²) in [6, 6.07) is 12.5. The van der Waals surface area contributed by atoms with E-state index in [4.69, 9.17) is 0 Å². The minimum atomic E-state index is -3.56. The normalized spacial score (nSPS) is 11.6. The molecule has 2 aromatic carbocycles. The number of benzene rings is 2. The molecule has 0 aliphatic carbocycles. The highest BCUT2D eigenvalue weighted by molar-refractivity contribution is 7.89. The van der Waals surface area contributed by atoms with Crippen LogP contribution in [0.25, 0.3) is 22.2 Å². The molecule has 0 bridgehead atoms. The number of anilines is 2. The molecule has 0 radical (unpaired) electrons. The predicted molar refractivity (Wildman–Crippen MR) is 105 cm³/mol. The van der Waals surface area contributed by atoms with Crippen LogP contribution >= 0.6 is 0 Å². The molecule has 0 aliphatic heterocycles. The van der Waals surface area contributed by atoms with Crippen LogP contribution in [0.3, 0.4) is 0 Å². The van der Waals surface area contributed by atoms with E-state index in [0.717, 1.165) is 16.5 Å². The molecule has 0 fully saturated rings. The number of nitrogens with one attached hydrogen (secondary N) is 3. The highest BCUT2D eigenvalue weighted by Gasteiger charge is 2.15. The summed E-state index contributed by atoms with van der Waals surface area (Å²) in [5.41, 5.74) is 2.77. The molecule has 7 nitrogen and oxygen atoms in total. The first-order valence-corrected chi connectivity index (χ1v) is 9.85. The van der Waals surface area contributed by atoms with Crippen molar-refractivity contribution < 1.29 is 12.8 Å². The van der Waals surface area contributed by atoms with E-state index >= 15 is 0 Å². The Morgan fingerprint density at radius 1 is 1.07 bits per heavy atom. The minimum absolute atomic E-state index is 0.137. The Morgan fingerprint density at radius 3 is 2.61 bits per heavy atom. The van der Waals surface area contributed by atoms with Gasteiger partial charge in [-0.25, -0.2) is 27.5 Å². The Labute approximate surface area is 160 Å². The zero-order valence-electron chi connectivity index (χ0n) is 14.8. The van der Waals surface area contributed by atoms with Gasteiger partial charge in [-0.3, -0.25) is 0 Å². The van der Waals surface area contributed by atoms with Crippen LogP contribution in [0.15, 0.2) is 66.0 Å². The Bertz CT molecular complexity index is 1250. The molecule has 142 valence electrons. The molecule has 0 atom stereocenters. The number of hydrogen-bond donors (Lipinski definition) is 3. The number of aromatic nitrogens is 3. The number of halogens is 1. The number of hydrogen-bond acceptors (Lipinski definition) is 5. The molecular weight excluding hydrogens is 381 g/mol. The maximum atomic E-state index is 13.3. The lowest BCUT2D eigenvalue weighted by molar-refractivity contribution is 0.588. The van der Waals surface area contributed by atoms with E-state index in [0.29, 0.717) is 17.2 Å². The van der Waals surface area contributed by atoms with E-state index in [-0.39, 0.29) is 10.7 Å². The van der Waals surface area contributed by atoms with Crippen LogP contribution in [0.4, 0.5) is 15.9 Å². The fourth-order valence-electron chi connectivity index (χ4n) is 2.91. The highest BCUT2D eigenvalue weighted by atomic mass is 32.2. The SMILES string of the molecule is CNS(=O)(=O)c1cccc(Nc2ncnc3[nH]cc(-c4ccc(F)cc4)c23)c1. The van der Waals surface area contributed by atoms with Gasteiger partial charge in [0.25, 0.3) is 0 Å². The number of nitrogens with zero attached hydrogens (tertiary/aromatic N) is 2. The van der Waals surface area contributed by atoms with Gasteiger partial charge in [-0.15, -0.1) is 0 Å². The van der Waals surface area contributed by atoms with Crippen LogP contribution in [0.5, 0.6) is 0 Å². The zero-order valence-corrected chi connectivity index (χ0v) is 15.6. The summed E-state index contributed by atoms with van der Waals surface area (Å²) < 4.78 is 39.7. The fraction of sp³-hybridized carbons (Fsp3) is 0.0526. The van der Waals surface area contributed by atoms with Gasteiger partial charge in [0.2, 0.25) is 10.0 Å². The third-order valence-electron chi connectivity index (χ3n) is 4.30. The third kappa shape index (κ3) is 3.32. The third-order valence-corrected chi connectivity index (χ3v) is 5.71. The van der Waals surface area contributed by atoms with Crippen molar-refractivity contribution in [2.24, 2.45) is 0 Å². The molecule has 2 heterocycles. The van der Waals surface area contributed by atoms with Crippen LogP contribution in [-0.2, 0) is 10.0 Å². The Morgan fingerprint density at radius 2 is 1.86 bits per heavy atom. The van der Waals surface area contributed by atoms with Crippen molar-refractivity contribution in [3.63, 3.8) is 0 Å². The van der Waals surface area contributed by atoms with Crippen molar-refractivity contribution in [2.45, 2.75) is 4.90 Å². The van der Waals surface area contributed by atoms with Crippen LogP contribution in [0, 0.1) is 5.82 Å². The van der Waals surface area contributed by atoms with Crippen molar-refractivity contribution in [2.75, 3.05) is 12.4 Å². The van der Waals surface area contributed by atoms with E-state index in [2.05, 4.69) is 25.0 Å². The smallest absolute Gasteiger partial charge is 0.240 e. The summed E-state index contributed by atoms with van der Waals surface area (Å²) in [5, 5.41) is 3.87. The Hall–Kier alpha value is -3.30. The van der Waals surface area contributed by atoms with Crippen LogP contribution in [-0.4, -0.2) is 30.4 Å². The van der Waals surface area contributed by atoms with Gasteiger partial charge in [-0.05, 0) is 42.9 Å². The van der Waals surface area contributed by atoms with Crippen molar-refractivity contribution in [3.05, 3.63) is 66.9 Å². The second kappa shape index (κ2) is 7.02. The van der Waals surface area contributed by atoms with Gasteiger partial charge >= 0.3 is 0 Å². The average Bonchev–Trinajstić information content (AvgIpc) is 3.14. The van der Waals surface area contributed by atoms with Crippen molar-refractivity contribution in [3.8, 4) is 11.1 Å². The first-order chi connectivity index (χ1) is 13.5. The maximum Gasteiger partial charge on any atom is 0.240 e. The lowest BCUT2D eigenvalue weighted by Gasteiger charge is -2.10. The standard InChI is InChI=1S/C19H16FN5O2S/c1-21-28(26,27)15-4-2-3-14(9-15)25-19-17-16(10-22-18(17)23-11-24-19)12-5-7-13(20)8-6-12/h2-11,21H,1H3,(H2,22,23,24,25). The summed E-state index contributed by atoms with van der Waals surface area (Å²) in [4.78, 5) is 11.8. The molecule has 0 aliphatic rings. The number of rotatable bonds is 5. The molecule has 0 saturated carbocycles. The molecule has 4 aromatic rings. The molecule has 4 rings (SSSR count). The van der Waals surface area contributed by atoms with Gasteiger partial charge in [0.05, 0.1) is 10.3 Å². The Balaban J connectivity index is 1.79. The van der Waals surface area contributed by atoms with Gasteiger partial charge in [-0.2, -0.15) is 0 Å². The van der Waals surface area contributed by atoms with Crippen LogP contribution < -0.4 is 10.0 Å². The largest absolute Gasteiger partial charge is 0.345 e. The summed E-state index contributed by atoms with van der Waals surface area (Å²) in [5.74, 6) is 0.185. The number of sulfonamides is 1. The van der Waals surface area contributed by atoms with Crippen LogP contribution in [0.1, 0.15) is 0 Å². The van der Waals surface area contributed by atoms with Gasteiger partial charge in [-0.1, -0.05) is 18.2 Å². The molecule has 0 saturated heterocycles. The minimum Gasteiger partial charge on any atom is -0.345 e. The first kappa shape index (κ1) is 18.1. The van der Waals surface area contributed by atoms with E-state index in [1.54, 1.807) is 30.5 Å². The molecule has 2 aromatic heterocycles. The fourth-order valence-corrected chi connectivity index (χ4v) is 3.69. The summed E-state index contributed by atoms with van der Waals surface area (Å²) in [6.45, 7) is 0. The second-order valence-electron chi connectivity index (χ2n) is 6.02. The van der Waals surface area contributed by atoms with E-state index in [1.165, 1.54) is 37.6 Å². The average molecular weight is 397 g/mol. The summed E-state index contributed by atoms with van der Waals surface area (Å²) in [7, 11) is -2.21. The predicted octanol–water partition coefficient (Wildman–Crippen LogP) is 3.42. The van der Waals surface area contributed by atoms with Crippen molar-refractivity contribution in [1.82, 2.24) is 19.7 Å². The number of H-pyrrole nitrogens is 1. The molecule has 0 spiro atoms. The van der Waals surface area contributed by atoms with E-state index < -0.39 is 10.0 Å². The molecule has 28 heavy (non-hydrogen) atoms. The van der Waals surface area contributed by atoms with Gasteiger partial charge in [0, 0.05) is 17.4 Å². The van der Waals surface area contributed by atoms with Crippen molar-refractivity contribution >= 4 is 32.6 Å². The highest BCUT2D eigenvalue weighted by Crippen LogP contribution is 2.33. The van der Waals surface area contributed by atoms with Gasteiger partial charge in [0.15, 0.2) is 0 Å². The lowest BCUT2D eigenvalue weighted by atomic mass is 10.1. The molecule has 9 heteroatoms. The molecule has 0 amide bonds. The first-order valence-electron chi connectivity index (χ1n) is 8.36. The zero-order chi connectivity index (χ0) is 19.7. The topological polar surface area (TPSA) is 99.8 Å². The summed E-state index contributed by atoms with van der Waals surface area (Å²) in [6.07, 6.45) is 3.18. The number of fused-ring (bicyclic) bond motifs is 1. The molecule has 3 N–H and O–H groups in total. The summed E-state index contributed by atoms with van der Waals surface area (Å²) >= 11 is 0. The van der Waals surface area contributed by atoms with Crippen molar-refractivity contribution in [1.29, 1.82) is 0 Å². The van der Waals surface area contributed by atoms with Gasteiger partial charge < -0.3 is 10.3 Å². The van der Waals surface area contributed by atoms with E-state index in [9.17, 15) is 12.8 Å². The molecular formula is C19H16FN5O2S. The Kier molecular flexibility index (Phi) is 4.54. The molecule has 0 unspecified atom stereocenters. The second-order valence-corrected chi connectivity index (χ2v) is 7.90. The maximum absolute atomic E-state index is 13.3. The van der Waals surface area contributed by atoms with E-state index in [1.807, 2.05) is 0 Å². The van der Waals surface area contributed by atoms with Gasteiger partial charge in [0.1, 0.15) is 23.6 Å². The quantitative estimate of drug-likeness (QED) is 0.479. The number of aromatic amines is 1. The van der Waals surface area contributed by atoms with Crippen LogP contribution in [0.2, 0.25) is 0 Å². The lowest BCUT2D eigenvalue weighted by Crippen LogP contribution is -2.18. The monoisotopic (exact) mass is 397 g/mol.